The first kappa shape index (κ1) is 52.8. The molecule has 66 heavy (non-hydrogen) atoms. The third-order valence-corrected chi connectivity index (χ3v) is 14.8. The molecule has 3 N–H and O–H groups in total. The van der Waals surface area contributed by atoms with Crippen molar-refractivity contribution in [2.75, 3.05) is 34.2 Å². The number of hydrogen-bond donors (Lipinski definition) is 3. The van der Waals surface area contributed by atoms with Gasteiger partial charge in [-0.2, -0.15) is 13.2 Å². The summed E-state index contributed by atoms with van der Waals surface area (Å²) < 4.78 is 58.9. The Morgan fingerprint density at radius 2 is 1.61 bits per heavy atom. The SMILES string of the molecule is CC[C@H](NC(=O)[C@@H]1C[C@@H](F)CN1C(=O)C1(C(F)(F)F)CC2(CCC2)C1)C(=O)N(C)[C@H]1CCCCN(C)C(=O)[C@@H](CC)NC(=O)[C@H](Cc2cc(Cl)ccc2Cl)N(C)C(=O)[C@H](CC(C)C)NC1=O. The number of nitrogens with zero attached hydrogens (tertiary/aromatic N) is 4. The molecule has 7 atom stereocenters. The summed E-state index contributed by atoms with van der Waals surface area (Å²) in [5, 5.41) is 8.84. The maximum Gasteiger partial charge on any atom is 0.403 e. The van der Waals surface area contributed by atoms with Gasteiger partial charge in [0.1, 0.15) is 47.8 Å². The minimum atomic E-state index is -4.91. The van der Waals surface area contributed by atoms with Crippen molar-refractivity contribution in [2.45, 2.75) is 160 Å². The maximum absolute atomic E-state index is 15.0. The van der Waals surface area contributed by atoms with Crippen LogP contribution in [-0.4, -0.2) is 144 Å². The summed E-state index contributed by atoms with van der Waals surface area (Å²) in [5.41, 5.74) is -2.83. The number of carbonyl (C=O) groups is 7. The lowest BCUT2D eigenvalue weighted by atomic mass is 9.44. The molecule has 1 spiro atoms. The van der Waals surface area contributed by atoms with Crippen LogP contribution in [0.1, 0.15) is 110 Å². The number of benzene rings is 1. The Morgan fingerprint density at radius 1 is 0.955 bits per heavy atom. The van der Waals surface area contributed by atoms with Crippen molar-refractivity contribution in [3.8, 4) is 0 Å². The standard InChI is InChI=1S/C46H65Cl2F4N7O7/c1-8-31-40(63)56(5)18-11-10-13-34(37(60)55-33(19-26(3)4)42(65)58(7)35(38(61)53-31)21-27-20-28(47)14-15-30(27)48)57(6)41(64)32(9-2)54-39(62)36-22-29(49)23-59(36)43(66)45(46(50,51)52)24-44(25-45)16-12-17-44/h14-15,20,26,29,31-36H,8-13,16-19,21-25H2,1-7H3,(H,53,61)(H,54,62)(H,55,60)/t29-,31-,32+,33+,34+,35+,36+/m1/s1. The van der Waals surface area contributed by atoms with E-state index >= 15 is 4.39 Å². The van der Waals surface area contributed by atoms with Crippen molar-refractivity contribution in [3.05, 3.63) is 33.8 Å². The topological polar surface area (TPSA) is 169 Å². The van der Waals surface area contributed by atoms with E-state index in [2.05, 4.69) is 16.0 Å². The molecule has 2 heterocycles. The first-order valence-corrected chi connectivity index (χ1v) is 23.8. The van der Waals surface area contributed by atoms with Gasteiger partial charge in [-0.15, -0.1) is 0 Å². The third kappa shape index (κ3) is 11.4. The smallest absolute Gasteiger partial charge is 0.344 e. The second kappa shape index (κ2) is 21.4. The molecule has 7 amide bonds. The van der Waals surface area contributed by atoms with Crippen LogP contribution < -0.4 is 16.0 Å². The summed E-state index contributed by atoms with van der Waals surface area (Å²) >= 11 is 12.8. The number of likely N-dealkylation sites (tertiary alicyclic amines) is 1. The maximum atomic E-state index is 15.0. The molecule has 2 aliphatic heterocycles. The van der Waals surface area contributed by atoms with Crippen LogP contribution in [0.3, 0.4) is 0 Å². The fraction of sp³-hybridized carbons (Fsp3) is 0.717. The molecule has 2 aliphatic carbocycles. The van der Waals surface area contributed by atoms with E-state index in [9.17, 15) is 46.7 Å². The Balaban J connectivity index is 1.40. The molecular formula is C46H65Cl2F4N7O7. The lowest BCUT2D eigenvalue weighted by Gasteiger charge is -2.60. The minimum absolute atomic E-state index is 0.0389. The summed E-state index contributed by atoms with van der Waals surface area (Å²) in [6.45, 7) is 6.53. The van der Waals surface area contributed by atoms with Crippen LogP contribution >= 0.6 is 23.2 Å². The molecular weight excluding hydrogens is 909 g/mol. The zero-order chi connectivity index (χ0) is 49.1. The van der Waals surface area contributed by atoms with E-state index in [-0.39, 0.29) is 55.5 Å². The summed E-state index contributed by atoms with van der Waals surface area (Å²) in [5.74, 6) is -5.58. The van der Waals surface area contributed by atoms with E-state index in [0.717, 1.165) is 11.3 Å². The average molecular weight is 975 g/mol. The quantitative estimate of drug-likeness (QED) is 0.243. The lowest BCUT2D eigenvalue weighted by Crippen LogP contribution is -2.66. The largest absolute Gasteiger partial charge is 0.403 e. The number of carbonyl (C=O) groups excluding carboxylic acids is 7. The summed E-state index contributed by atoms with van der Waals surface area (Å²) in [6.07, 6.45) is -5.16. The monoisotopic (exact) mass is 973 g/mol. The van der Waals surface area contributed by atoms with Gasteiger partial charge in [0.2, 0.25) is 41.4 Å². The highest BCUT2D eigenvalue weighted by Crippen LogP contribution is 2.69. The Kier molecular flexibility index (Phi) is 17.1. The van der Waals surface area contributed by atoms with Crippen molar-refractivity contribution in [1.29, 1.82) is 0 Å². The average Bonchev–Trinajstić information content (AvgIpc) is 3.62. The molecule has 1 aromatic carbocycles. The first-order chi connectivity index (χ1) is 30.9. The molecule has 0 aromatic heterocycles. The predicted octanol–water partition coefficient (Wildman–Crippen LogP) is 5.60. The molecule has 0 unspecified atom stereocenters. The minimum Gasteiger partial charge on any atom is -0.344 e. The number of likely N-dealkylation sites (N-methyl/N-ethyl adjacent to an activating group) is 3. The van der Waals surface area contributed by atoms with Crippen molar-refractivity contribution in [3.63, 3.8) is 0 Å². The second-order valence-electron chi connectivity index (χ2n) is 19.3. The fourth-order valence-electron chi connectivity index (χ4n) is 10.1. The third-order valence-electron chi connectivity index (χ3n) is 14.2. The molecule has 368 valence electrons. The van der Waals surface area contributed by atoms with Crippen molar-refractivity contribution >= 4 is 64.6 Å². The van der Waals surface area contributed by atoms with Crippen molar-refractivity contribution in [1.82, 2.24) is 35.6 Å². The number of amides is 7. The van der Waals surface area contributed by atoms with Gasteiger partial charge in [0.25, 0.3) is 0 Å². The molecule has 1 aromatic rings. The van der Waals surface area contributed by atoms with Crippen LogP contribution in [0, 0.1) is 16.7 Å². The first-order valence-electron chi connectivity index (χ1n) is 23.0. The van der Waals surface area contributed by atoms with E-state index in [1.165, 1.54) is 23.9 Å². The lowest BCUT2D eigenvalue weighted by molar-refractivity contribution is -0.285. The zero-order valence-corrected chi connectivity index (χ0v) is 40.4. The number of alkyl halides is 4. The molecule has 2 saturated heterocycles. The highest BCUT2D eigenvalue weighted by molar-refractivity contribution is 6.33. The molecule has 0 radical (unpaired) electrons. The van der Waals surface area contributed by atoms with Gasteiger partial charge in [-0.3, -0.25) is 33.6 Å². The van der Waals surface area contributed by atoms with Gasteiger partial charge >= 0.3 is 6.18 Å². The molecule has 20 heteroatoms. The highest BCUT2D eigenvalue weighted by Gasteiger charge is 2.73. The number of halogens is 6. The van der Waals surface area contributed by atoms with E-state index < -0.39 is 121 Å². The Morgan fingerprint density at radius 3 is 2.18 bits per heavy atom. The summed E-state index contributed by atoms with van der Waals surface area (Å²) in [4.78, 5) is 103. The van der Waals surface area contributed by atoms with E-state index in [1.807, 2.05) is 13.8 Å². The Hall–Kier alpha value is -4.19. The Bertz CT molecular complexity index is 2000. The molecule has 4 aliphatic rings. The van der Waals surface area contributed by atoms with Crippen LogP contribution in [-0.2, 0) is 40.0 Å². The van der Waals surface area contributed by atoms with Gasteiger partial charge in [-0.1, -0.05) is 57.3 Å². The number of rotatable bonds is 11. The highest BCUT2D eigenvalue weighted by atomic mass is 35.5. The molecule has 0 bridgehead atoms. The van der Waals surface area contributed by atoms with Crippen LogP contribution in [0.25, 0.3) is 0 Å². The van der Waals surface area contributed by atoms with Gasteiger partial charge in [0.05, 0.1) is 6.54 Å². The predicted molar refractivity (Wildman–Crippen MR) is 240 cm³/mol. The molecule has 2 saturated carbocycles. The van der Waals surface area contributed by atoms with Gasteiger partial charge < -0.3 is 35.6 Å². The second-order valence-corrected chi connectivity index (χ2v) is 20.2. The van der Waals surface area contributed by atoms with Gasteiger partial charge in [-0.05, 0) is 99.3 Å². The van der Waals surface area contributed by atoms with E-state index in [4.69, 9.17) is 23.2 Å². The zero-order valence-electron chi connectivity index (χ0n) is 38.9. The number of nitrogens with one attached hydrogen (secondary N) is 3. The van der Waals surface area contributed by atoms with Crippen LogP contribution in [0.15, 0.2) is 18.2 Å². The van der Waals surface area contributed by atoms with Crippen molar-refractivity contribution in [2.24, 2.45) is 16.7 Å². The molecule has 4 fully saturated rings. The van der Waals surface area contributed by atoms with Crippen LogP contribution in [0.4, 0.5) is 17.6 Å². The van der Waals surface area contributed by atoms with Crippen molar-refractivity contribution < 1.29 is 51.1 Å². The Labute approximate surface area is 394 Å². The van der Waals surface area contributed by atoms with Crippen LogP contribution in [0.2, 0.25) is 10.0 Å². The van der Waals surface area contributed by atoms with Gasteiger partial charge in [-0.25, -0.2) is 4.39 Å². The normalized spacial score (nSPS) is 26.9. The number of hydrogen-bond acceptors (Lipinski definition) is 7. The van der Waals surface area contributed by atoms with Crippen LogP contribution in [0.5, 0.6) is 0 Å². The fourth-order valence-corrected chi connectivity index (χ4v) is 10.5. The summed E-state index contributed by atoms with van der Waals surface area (Å²) in [6, 6.07) is -2.82. The molecule has 5 rings (SSSR count). The van der Waals surface area contributed by atoms with E-state index in [0.29, 0.717) is 41.2 Å². The van der Waals surface area contributed by atoms with E-state index in [1.54, 1.807) is 39.1 Å². The summed E-state index contributed by atoms with van der Waals surface area (Å²) in [7, 11) is 4.34. The van der Waals surface area contributed by atoms with Gasteiger partial charge in [0, 0.05) is 50.6 Å². The molecule has 14 nitrogen and oxygen atoms in total. The van der Waals surface area contributed by atoms with Gasteiger partial charge in [0.15, 0.2) is 0 Å².